The molecule has 2 fully saturated rings. The molecule has 0 aromatic carbocycles. The summed E-state index contributed by atoms with van der Waals surface area (Å²) in [6.07, 6.45) is 1.95. The van der Waals surface area contributed by atoms with Gasteiger partial charge in [0.05, 0.1) is 11.8 Å². The van der Waals surface area contributed by atoms with E-state index in [0.29, 0.717) is 25.7 Å². The molecule has 2 heterocycles. The summed E-state index contributed by atoms with van der Waals surface area (Å²) in [7, 11) is 0. The number of nitrogens with zero attached hydrogens (tertiary/aromatic N) is 2. The third kappa shape index (κ3) is 7.02. The first-order chi connectivity index (χ1) is 12.3. The van der Waals surface area contributed by atoms with Crippen LogP contribution in [0.5, 0.6) is 0 Å². The summed E-state index contributed by atoms with van der Waals surface area (Å²) in [5.74, 6) is -2.25. The maximum Gasteiger partial charge on any atom is 2.00 e. The first-order valence-corrected chi connectivity index (χ1v) is 9.77. The van der Waals surface area contributed by atoms with Gasteiger partial charge in [0.25, 0.3) is 0 Å². The van der Waals surface area contributed by atoms with Crippen LogP contribution in [0.1, 0.15) is 83.9 Å². The first kappa shape index (κ1) is 29.0. The molecule has 0 aromatic rings. The molecule has 2 rings (SSSR count). The van der Waals surface area contributed by atoms with Gasteiger partial charge in [-0.25, -0.2) is 0 Å². The van der Waals surface area contributed by atoms with Gasteiger partial charge in [0, 0.05) is 22.2 Å². The summed E-state index contributed by atoms with van der Waals surface area (Å²) < 4.78 is 0. The zero-order valence-electron chi connectivity index (χ0n) is 21.2. The molecule has 4 N–H and O–H groups in total. The van der Waals surface area contributed by atoms with Crippen LogP contribution in [-0.4, -0.2) is 103 Å². The minimum atomic E-state index is -0.765. The van der Waals surface area contributed by atoms with Gasteiger partial charge in [0.1, 0.15) is 0 Å². The van der Waals surface area contributed by atoms with E-state index in [9.17, 15) is 20.0 Å². The summed E-state index contributed by atoms with van der Waals surface area (Å²) in [6, 6.07) is 0. The molecule has 8 nitrogen and oxygen atoms in total. The number of piperidine rings is 2. The number of carboxylic acid groups (broad SMARTS) is 2. The predicted octanol–water partition coefficient (Wildman–Crippen LogP) is 3.30. The van der Waals surface area contributed by atoms with Crippen LogP contribution >= 0.6 is 0 Å². The fourth-order valence-corrected chi connectivity index (χ4v) is 4.89. The number of aliphatic carboxylic acids is 2. The zero-order valence-corrected chi connectivity index (χ0v) is 21.4. The first-order valence-electron chi connectivity index (χ1n) is 9.77. The van der Waals surface area contributed by atoms with Crippen LogP contribution in [0.25, 0.3) is 0 Å². The number of hydrogen-bond donors (Lipinski definition) is 4. The van der Waals surface area contributed by atoms with E-state index < -0.39 is 34.1 Å². The molecule has 0 atom stereocenters. The fraction of sp³-hybridized carbons (Fsp3) is 0.900. The van der Waals surface area contributed by atoms with Crippen LogP contribution in [0.15, 0.2) is 0 Å². The van der Waals surface area contributed by atoms with Gasteiger partial charge in [-0.2, -0.15) is 10.1 Å². The van der Waals surface area contributed by atoms with Crippen LogP contribution < -0.4 is 0 Å². The fourth-order valence-electron chi connectivity index (χ4n) is 4.89. The zero-order chi connectivity index (χ0) is 22.3. The van der Waals surface area contributed by atoms with Crippen molar-refractivity contribution in [2.24, 2.45) is 11.8 Å². The molecule has 29 heavy (non-hydrogen) atoms. The van der Waals surface area contributed by atoms with E-state index in [2.05, 4.69) is 0 Å². The third-order valence-electron chi connectivity index (χ3n) is 5.98. The minimum Gasteiger partial charge on any atom is -1.00 e. The van der Waals surface area contributed by atoms with E-state index >= 15 is 0 Å². The standard InChI is InChI=1S/2C10H19NO3.Ca.2H/c2*1-9(2)5-7(8(12)13)6-10(3,4)11(9)14;;;/h2*7,14H,5-6H2,1-4H3,(H,12,13);;;/q;;+2;2*-1. The Morgan fingerprint density at radius 2 is 0.828 bits per heavy atom. The van der Waals surface area contributed by atoms with Gasteiger partial charge in [0.2, 0.25) is 0 Å². The Kier molecular flexibility index (Phi) is 9.69. The predicted molar refractivity (Wildman–Crippen MR) is 112 cm³/mol. The van der Waals surface area contributed by atoms with Crippen LogP contribution in [0.3, 0.4) is 0 Å². The van der Waals surface area contributed by atoms with Gasteiger partial charge in [-0.05, 0) is 81.1 Å². The summed E-state index contributed by atoms with van der Waals surface area (Å²) in [6.45, 7) is 14.9. The Morgan fingerprint density at radius 3 is 0.966 bits per heavy atom. The van der Waals surface area contributed by atoms with Crippen molar-refractivity contribution in [3.8, 4) is 0 Å². The SMILES string of the molecule is CC1(C)CC(C(=O)O)CC(C)(C)N1O.CC1(C)CC(C(=O)O)CC(C)(C)N1O.[Ca+2].[H-].[H-]. The van der Waals surface area contributed by atoms with Gasteiger partial charge in [-0.15, -0.1) is 0 Å². The van der Waals surface area contributed by atoms with Crippen molar-refractivity contribution in [2.75, 3.05) is 0 Å². The topological polar surface area (TPSA) is 122 Å². The van der Waals surface area contributed by atoms with E-state index in [-0.39, 0.29) is 52.4 Å². The molecule has 0 radical (unpaired) electrons. The molecule has 2 aliphatic heterocycles. The van der Waals surface area contributed by atoms with Crippen molar-refractivity contribution in [3.63, 3.8) is 0 Å². The molecule has 0 saturated carbocycles. The van der Waals surface area contributed by atoms with E-state index in [1.54, 1.807) is 0 Å². The second kappa shape index (κ2) is 9.67. The second-order valence-electron chi connectivity index (χ2n) is 10.8. The normalized spacial score (nSPS) is 26.6. The largest absolute Gasteiger partial charge is 2.00 e. The number of hydrogen-bond acceptors (Lipinski definition) is 6. The molecule has 2 saturated heterocycles. The van der Waals surface area contributed by atoms with Crippen molar-refractivity contribution in [1.29, 1.82) is 0 Å². The molecule has 2 aliphatic rings. The third-order valence-corrected chi connectivity index (χ3v) is 5.98. The van der Waals surface area contributed by atoms with Crippen LogP contribution in [0.4, 0.5) is 0 Å². The second-order valence-corrected chi connectivity index (χ2v) is 10.8. The molecular weight excluding hydrogens is 404 g/mol. The average Bonchev–Trinajstić information content (AvgIpc) is 2.49. The van der Waals surface area contributed by atoms with Crippen LogP contribution in [0.2, 0.25) is 0 Å². The van der Waals surface area contributed by atoms with Gasteiger partial charge < -0.3 is 23.5 Å². The van der Waals surface area contributed by atoms with Gasteiger partial charge in [-0.1, -0.05) is 0 Å². The summed E-state index contributed by atoms with van der Waals surface area (Å²) in [4.78, 5) is 21.9. The van der Waals surface area contributed by atoms with Gasteiger partial charge in [-0.3, -0.25) is 9.59 Å². The van der Waals surface area contributed by atoms with Crippen molar-refractivity contribution >= 4 is 49.7 Å². The molecule has 168 valence electrons. The van der Waals surface area contributed by atoms with E-state index in [1.165, 1.54) is 10.1 Å². The van der Waals surface area contributed by atoms with E-state index in [1.807, 2.05) is 55.4 Å². The Hall–Kier alpha value is 0.0397. The van der Waals surface area contributed by atoms with Crippen molar-refractivity contribution in [1.82, 2.24) is 10.1 Å². The Labute approximate surface area is 207 Å². The van der Waals surface area contributed by atoms with E-state index in [0.717, 1.165) is 0 Å². The van der Waals surface area contributed by atoms with Crippen molar-refractivity contribution < 1.29 is 33.1 Å². The molecule has 0 amide bonds. The van der Waals surface area contributed by atoms with Crippen LogP contribution in [0, 0.1) is 11.8 Å². The molecule has 0 bridgehead atoms. The van der Waals surface area contributed by atoms with E-state index in [4.69, 9.17) is 10.2 Å². The smallest absolute Gasteiger partial charge is 1.00 e. The molecule has 0 aromatic heterocycles. The number of rotatable bonds is 2. The average molecular weight is 445 g/mol. The Bertz CT molecular complexity index is 528. The Morgan fingerprint density at radius 1 is 0.655 bits per heavy atom. The molecular formula is C20H40CaN2O6. The van der Waals surface area contributed by atoms with Gasteiger partial charge >= 0.3 is 49.7 Å². The van der Waals surface area contributed by atoms with Crippen molar-refractivity contribution in [2.45, 2.75) is 103 Å². The minimum absolute atomic E-state index is 0. The quantitative estimate of drug-likeness (QED) is 0.479. The Balaban J connectivity index is -0.000000461. The summed E-state index contributed by atoms with van der Waals surface area (Å²) >= 11 is 0. The summed E-state index contributed by atoms with van der Waals surface area (Å²) in [5, 5.41) is 40.4. The maximum absolute atomic E-state index is 10.9. The molecule has 0 aliphatic carbocycles. The molecule has 0 unspecified atom stereocenters. The maximum atomic E-state index is 10.9. The number of carboxylic acids is 2. The number of hydroxylamine groups is 4. The molecule has 9 heteroatoms. The summed E-state index contributed by atoms with van der Waals surface area (Å²) in [5.41, 5.74) is -1.87. The van der Waals surface area contributed by atoms with Crippen LogP contribution in [-0.2, 0) is 9.59 Å². The van der Waals surface area contributed by atoms with Gasteiger partial charge in [0.15, 0.2) is 0 Å². The van der Waals surface area contributed by atoms with Crippen molar-refractivity contribution in [3.05, 3.63) is 0 Å². The molecule has 0 spiro atoms. The monoisotopic (exact) mass is 444 g/mol. The number of carbonyl (C=O) groups is 2.